The van der Waals surface area contributed by atoms with E-state index in [9.17, 15) is 0 Å². The quantitative estimate of drug-likeness (QED) is 0.648. The summed E-state index contributed by atoms with van der Waals surface area (Å²) in [6.07, 6.45) is 6.41. The van der Waals surface area contributed by atoms with Gasteiger partial charge < -0.3 is 9.47 Å². The zero-order valence-corrected chi connectivity index (χ0v) is 11.2. The summed E-state index contributed by atoms with van der Waals surface area (Å²) in [7, 11) is 0. The molecule has 3 N–H and O–H groups in total. The van der Waals surface area contributed by atoms with Crippen molar-refractivity contribution in [3.63, 3.8) is 0 Å². The third kappa shape index (κ3) is 2.69. The van der Waals surface area contributed by atoms with Crippen LogP contribution in [0.25, 0.3) is 0 Å². The lowest BCUT2D eigenvalue weighted by molar-refractivity contribution is 0.0367. The van der Waals surface area contributed by atoms with E-state index in [2.05, 4.69) is 5.43 Å². The maximum atomic E-state index is 6.07. The van der Waals surface area contributed by atoms with Crippen molar-refractivity contribution >= 4 is 0 Å². The minimum Gasteiger partial charge on any atom is -0.486 e. The fourth-order valence-corrected chi connectivity index (χ4v) is 3.25. The summed E-state index contributed by atoms with van der Waals surface area (Å²) >= 11 is 0. The molecule has 3 rings (SSSR count). The summed E-state index contributed by atoms with van der Waals surface area (Å²) in [4.78, 5) is 0. The molecule has 1 aromatic rings. The number of nitrogens with two attached hydrogens (primary N) is 1. The molecule has 2 atom stereocenters. The smallest absolute Gasteiger partial charge is 0.161 e. The van der Waals surface area contributed by atoms with Gasteiger partial charge in [0.1, 0.15) is 12.7 Å². The van der Waals surface area contributed by atoms with Gasteiger partial charge in [-0.05, 0) is 30.9 Å². The highest BCUT2D eigenvalue weighted by Crippen LogP contribution is 2.34. The van der Waals surface area contributed by atoms with E-state index in [0.29, 0.717) is 12.5 Å². The molecular formula is C15H22N2O2. The summed E-state index contributed by atoms with van der Waals surface area (Å²) in [5.41, 5.74) is 2.97. The molecule has 1 aromatic carbocycles. The van der Waals surface area contributed by atoms with Crippen molar-refractivity contribution in [1.29, 1.82) is 0 Å². The van der Waals surface area contributed by atoms with Crippen molar-refractivity contribution < 1.29 is 9.47 Å². The second-order valence-electron chi connectivity index (χ2n) is 5.50. The Morgan fingerprint density at radius 3 is 2.58 bits per heavy atom. The monoisotopic (exact) mass is 262 g/mol. The predicted octanol–water partition coefficient (Wildman–Crippen LogP) is 2.24. The fourth-order valence-electron chi connectivity index (χ4n) is 3.25. The molecule has 1 aliphatic heterocycles. The number of ether oxygens (including phenoxy) is 2. The van der Waals surface area contributed by atoms with E-state index in [1.807, 2.05) is 24.3 Å². The average Bonchev–Trinajstić information content (AvgIpc) is 2.49. The summed E-state index contributed by atoms with van der Waals surface area (Å²) in [6, 6.07) is 8.00. The minimum atomic E-state index is 0.00278. The lowest BCUT2D eigenvalue weighted by atomic mass is 9.82. The number of rotatable bonds is 3. The molecule has 0 radical (unpaired) electrons. The van der Waals surface area contributed by atoms with Crippen molar-refractivity contribution in [2.24, 2.45) is 11.8 Å². The van der Waals surface area contributed by atoms with E-state index in [4.69, 9.17) is 15.3 Å². The van der Waals surface area contributed by atoms with Gasteiger partial charge in [-0.2, -0.15) is 0 Å². The number of hydrogen-bond acceptors (Lipinski definition) is 4. The van der Waals surface area contributed by atoms with E-state index in [1.54, 1.807) is 0 Å². The van der Waals surface area contributed by atoms with Gasteiger partial charge in [0.05, 0.1) is 6.04 Å². The maximum Gasteiger partial charge on any atom is 0.161 e. The average molecular weight is 262 g/mol. The van der Waals surface area contributed by atoms with Crippen molar-refractivity contribution in [3.05, 3.63) is 24.3 Å². The molecule has 0 spiro atoms. The lowest BCUT2D eigenvalue weighted by Crippen LogP contribution is -2.54. The Morgan fingerprint density at radius 2 is 1.84 bits per heavy atom. The van der Waals surface area contributed by atoms with Crippen LogP contribution in [0.3, 0.4) is 0 Å². The molecule has 4 nitrogen and oxygen atoms in total. The second-order valence-corrected chi connectivity index (χ2v) is 5.50. The van der Waals surface area contributed by atoms with Crippen LogP contribution in [0.4, 0.5) is 0 Å². The highest BCUT2D eigenvalue weighted by molar-refractivity contribution is 5.40. The number of hydrazine groups is 1. The fraction of sp³-hybridized carbons (Fsp3) is 0.600. The first-order valence-electron chi connectivity index (χ1n) is 7.23. The number of para-hydroxylation sites is 2. The molecule has 104 valence electrons. The van der Waals surface area contributed by atoms with Gasteiger partial charge in [-0.25, -0.2) is 0 Å². The second kappa shape index (κ2) is 5.80. The number of fused-ring (bicyclic) bond motifs is 1. The molecule has 2 unspecified atom stereocenters. The summed E-state index contributed by atoms with van der Waals surface area (Å²) in [5.74, 6) is 8.02. The molecule has 0 amide bonds. The van der Waals surface area contributed by atoms with E-state index in [-0.39, 0.29) is 12.1 Å². The van der Waals surface area contributed by atoms with Gasteiger partial charge in [0.2, 0.25) is 0 Å². The largest absolute Gasteiger partial charge is 0.486 e. The lowest BCUT2D eigenvalue weighted by Gasteiger charge is -2.37. The summed E-state index contributed by atoms with van der Waals surface area (Å²) < 4.78 is 11.9. The summed E-state index contributed by atoms with van der Waals surface area (Å²) in [6.45, 7) is 0.572. The highest BCUT2D eigenvalue weighted by atomic mass is 16.6. The van der Waals surface area contributed by atoms with Crippen molar-refractivity contribution in [2.75, 3.05) is 6.61 Å². The Hall–Kier alpha value is -1.26. The van der Waals surface area contributed by atoms with E-state index in [1.165, 1.54) is 32.1 Å². The molecule has 1 heterocycles. The van der Waals surface area contributed by atoms with Crippen molar-refractivity contribution in [2.45, 2.75) is 44.2 Å². The molecule has 2 aliphatic rings. The molecule has 1 aliphatic carbocycles. The third-order valence-corrected chi connectivity index (χ3v) is 4.28. The van der Waals surface area contributed by atoms with Crippen molar-refractivity contribution in [3.8, 4) is 11.5 Å². The topological polar surface area (TPSA) is 56.5 Å². The summed E-state index contributed by atoms with van der Waals surface area (Å²) in [5, 5.41) is 0. The Morgan fingerprint density at radius 1 is 1.11 bits per heavy atom. The Kier molecular flexibility index (Phi) is 3.89. The Balaban J connectivity index is 1.71. The van der Waals surface area contributed by atoms with Gasteiger partial charge in [0.25, 0.3) is 0 Å². The van der Waals surface area contributed by atoms with Crippen LogP contribution in [0.2, 0.25) is 0 Å². The molecule has 1 fully saturated rings. The van der Waals surface area contributed by atoms with E-state index < -0.39 is 0 Å². The Bertz CT molecular complexity index is 418. The molecule has 19 heavy (non-hydrogen) atoms. The zero-order chi connectivity index (χ0) is 13.1. The molecule has 0 aromatic heterocycles. The highest BCUT2D eigenvalue weighted by Gasteiger charge is 2.34. The standard InChI is InChI=1S/C15H22N2O2/c16-17-15(11-6-2-1-3-7-11)14-10-18-12-8-4-5-9-13(12)19-14/h4-5,8-9,11,14-15,17H,1-3,6-7,10,16H2. The molecular weight excluding hydrogens is 240 g/mol. The minimum absolute atomic E-state index is 0.00278. The van der Waals surface area contributed by atoms with Crippen LogP contribution in [0.15, 0.2) is 24.3 Å². The van der Waals surface area contributed by atoms with E-state index in [0.717, 1.165) is 11.5 Å². The van der Waals surface area contributed by atoms with E-state index >= 15 is 0 Å². The molecule has 1 saturated carbocycles. The first kappa shape index (κ1) is 12.8. The van der Waals surface area contributed by atoms with Gasteiger partial charge in [0, 0.05) is 0 Å². The zero-order valence-electron chi connectivity index (χ0n) is 11.2. The van der Waals surface area contributed by atoms with Crippen LogP contribution >= 0.6 is 0 Å². The first-order valence-corrected chi connectivity index (χ1v) is 7.23. The van der Waals surface area contributed by atoms with Crippen LogP contribution in [-0.4, -0.2) is 18.8 Å². The van der Waals surface area contributed by atoms with Gasteiger partial charge in [-0.15, -0.1) is 0 Å². The number of hydrogen-bond donors (Lipinski definition) is 2. The first-order chi connectivity index (χ1) is 9.38. The van der Waals surface area contributed by atoms with Crippen LogP contribution in [0.1, 0.15) is 32.1 Å². The van der Waals surface area contributed by atoms with Crippen molar-refractivity contribution in [1.82, 2.24) is 5.43 Å². The Labute approximate surface area is 114 Å². The third-order valence-electron chi connectivity index (χ3n) is 4.28. The van der Waals surface area contributed by atoms with Gasteiger partial charge in [-0.1, -0.05) is 31.4 Å². The number of nitrogens with one attached hydrogen (secondary N) is 1. The van der Waals surface area contributed by atoms with Crippen LogP contribution in [0, 0.1) is 5.92 Å². The maximum absolute atomic E-state index is 6.07. The molecule has 4 heteroatoms. The van der Waals surface area contributed by atoms with Crippen LogP contribution < -0.4 is 20.7 Å². The van der Waals surface area contributed by atoms with Crippen LogP contribution in [0.5, 0.6) is 11.5 Å². The number of benzene rings is 1. The molecule has 0 saturated heterocycles. The predicted molar refractivity (Wildman–Crippen MR) is 74.0 cm³/mol. The SMILES string of the molecule is NNC(C1CCCCC1)C1COc2ccccc2O1. The normalized spacial score (nSPS) is 25.0. The van der Waals surface area contributed by atoms with Gasteiger partial charge in [-0.3, -0.25) is 11.3 Å². The van der Waals surface area contributed by atoms with Gasteiger partial charge >= 0.3 is 0 Å². The van der Waals surface area contributed by atoms with Crippen LogP contribution in [-0.2, 0) is 0 Å². The molecule has 0 bridgehead atoms. The van der Waals surface area contributed by atoms with Gasteiger partial charge in [0.15, 0.2) is 11.5 Å².